The van der Waals surface area contributed by atoms with Gasteiger partial charge in [0.15, 0.2) is 5.78 Å². The highest BCUT2D eigenvalue weighted by atomic mass is 19.4. The molecule has 3 unspecified atom stereocenters. The average Bonchev–Trinajstić information content (AvgIpc) is 3.08. The molecule has 4 fully saturated rings. The number of alkyl halides is 5. The summed E-state index contributed by atoms with van der Waals surface area (Å²) in [6.07, 6.45) is -1.58. The van der Waals surface area contributed by atoms with Gasteiger partial charge in [0.1, 0.15) is 0 Å². The lowest BCUT2D eigenvalue weighted by atomic mass is 9.47. The van der Waals surface area contributed by atoms with Crippen molar-refractivity contribution in [3.8, 4) is 0 Å². The number of ketones is 2. The molecule has 0 aromatic rings. The summed E-state index contributed by atoms with van der Waals surface area (Å²) < 4.78 is 68.4. The fraction of sp³-hybridized carbons (Fsp3) is 0.905. The van der Waals surface area contributed by atoms with E-state index in [1.807, 2.05) is 0 Å². The van der Waals surface area contributed by atoms with Crippen molar-refractivity contribution in [2.75, 3.05) is 6.61 Å². The maximum atomic E-state index is 14.4. The Balaban J connectivity index is 1.65. The van der Waals surface area contributed by atoms with E-state index in [4.69, 9.17) is 0 Å². The first-order chi connectivity index (χ1) is 13.5. The highest BCUT2D eigenvalue weighted by molar-refractivity contribution is 6.38. The van der Waals surface area contributed by atoms with Crippen LogP contribution in [0.1, 0.15) is 57.8 Å². The standard InChI is InChI=1S/C21H27F5O3/c22-20(23,21(24,25)26)17(10-27)19-8-1-2-15(19)13-3-4-14-11(12(13)7-9-19)5-6-16(28)18(14)29/h11-15,17,27H,1-10H2/t11-,12-,13-,14?,15+,17?,19?/m1/s1. The molecule has 1 N–H and O–H groups in total. The van der Waals surface area contributed by atoms with Crippen LogP contribution in [-0.4, -0.2) is 35.4 Å². The van der Waals surface area contributed by atoms with E-state index in [1.54, 1.807) is 0 Å². The lowest BCUT2D eigenvalue weighted by molar-refractivity contribution is -0.326. The van der Waals surface area contributed by atoms with E-state index in [1.165, 1.54) is 0 Å². The molecule has 0 heterocycles. The quantitative estimate of drug-likeness (QED) is 0.536. The molecule has 4 saturated carbocycles. The molecule has 0 aromatic heterocycles. The first kappa shape index (κ1) is 21.2. The van der Waals surface area contributed by atoms with Gasteiger partial charge in [-0.15, -0.1) is 0 Å². The van der Waals surface area contributed by atoms with Gasteiger partial charge in [-0.2, -0.15) is 22.0 Å². The van der Waals surface area contributed by atoms with Gasteiger partial charge in [-0.3, -0.25) is 9.59 Å². The zero-order valence-electron chi connectivity index (χ0n) is 16.2. The Kier molecular flexibility index (Phi) is 5.11. The van der Waals surface area contributed by atoms with Crippen LogP contribution in [0.25, 0.3) is 0 Å². The Hall–Kier alpha value is -1.05. The molecule has 0 aliphatic heterocycles. The van der Waals surface area contributed by atoms with E-state index >= 15 is 0 Å². The van der Waals surface area contributed by atoms with Crippen molar-refractivity contribution in [3.05, 3.63) is 0 Å². The molecule has 4 aliphatic carbocycles. The fourth-order valence-corrected chi connectivity index (χ4v) is 7.68. The van der Waals surface area contributed by atoms with E-state index in [0.29, 0.717) is 38.5 Å². The monoisotopic (exact) mass is 422 g/mol. The lowest BCUT2D eigenvalue weighted by Crippen LogP contribution is -2.58. The Morgan fingerprint density at radius 3 is 2.31 bits per heavy atom. The van der Waals surface area contributed by atoms with Crippen LogP contribution in [0.2, 0.25) is 0 Å². The summed E-state index contributed by atoms with van der Waals surface area (Å²) in [7, 11) is 0. The second kappa shape index (κ2) is 6.99. The van der Waals surface area contributed by atoms with Crippen LogP contribution in [0.3, 0.4) is 0 Å². The fourth-order valence-electron chi connectivity index (χ4n) is 7.68. The van der Waals surface area contributed by atoms with Crippen LogP contribution in [0.15, 0.2) is 0 Å². The Morgan fingerprint density at radius 2 is 1.66 bits per heavy atom. The average molecular weight is 422 g/mol. The summed E-state index contributed by atoms with van der Waals surface area (Å²) in [5.74, 6) is -8.18. The molecule has 3 nitrogen and oxygen atoms in total. The van der Waals surface area contributed by atoms with Crippen LogP contribution in [0.4, 0.5) is 22.0 Å². The first-order valence-electron chi connectivity index (χ1n) is 10.7. The lowest BCUT2D eigenvalue weighted by Gasteiger charge is -2.57. The zero-order valence-corrected chi connectivity index (χ0v) is 16.2. The van der Waals surface area contributed by atoms with Crippen LogP contribution < -0.4 is 0 Å². The van der Waals surface area contributed by atoms with Crippen molar-refractivity contribution >= 4 is 11.6 Å². The normalized spacial score (nSPS) is 41.5. The number of rotatable bonds is 3. The molecule has 0 aromatic carbocycles. The molecule has 0 spiro atoms. The Bertz CT molecular complexity index is 690. The highest BCUT2D eigenvalue weighted by Gasteiger charge is 2.70. The van der Waals surface area contributed by atoms with Gasteiger partial charge < -0.3 is 5.11 Å². The second-order valence-corrected chi connectivity index (χ2v) is 9.63. The SMILES string of the molecule is O=C1CC[C@H]2C(CC[C@@H]3[C@@H]2CCC2(C(CO)C(F)(F)C(F)(F)F)CCC[C@@H]32)C1=O. The number of carbonyl (C=O) groups is 2. The van der Waals surface area contributed by atoms with Crippen LogP contribution in [-0.2, 0) is 9.59 Å². The van der Waals surface area contributed by atoms with Crippen molar-refractivity contribution < 1.29 is 36.6 Å². The highest BCUT2D eigenvalue weighted by Crippen LogP contribution is 2.67. The summed E-state index contributed by atoms with van der Waals surface area (Å²) in [6.45, 7) is -1.18. The molecular formula is C21H27F5O3. The minimum absolute atomic E-state index is 0.00779. The van der Waals surface area contributed by atoms with Crippen molar-refractivity contribution in [3.63, 3.8) is 0 Å². The predicted molar refractivity (Wildman–Crippen MR) is 93.0 cm³/mol. The smallest absolute Gasteiger partial charge is 0.396 e. The van der Waals surface area contributed by atoms with E-state index < -0.39 is 30.0 Å². The maximum absolute atomic E-state index is 14.4. The number of aliphatic hydroxyl groups is 1. The number of hydrogen-bond donors (Lipinski definition) is 1. The van der Waals surface area contributed by atoms with Crippen molar-refractivity contribution in [1.82, 2.24) is 0 Å². The van der Waals surface area contributed by atoms with Gasteiger partial charge in [0.2, 0.25) is 5.78 Å². The predicted octanol–water partition coefficient (Wildman–Crippen LogP) is 4.56. The van der Waals surface area contributed by atoms with Gasteiger partial charge in [-0.05, 0) is 74.0 Å². The zero-order chi connectivity index (χ0) is 21.2. The summed E-state index contributed by atoms with van der Waals surface area (Å²) in [5, 5.41) is 9.70. The molecule has 0 amide bonds. The summed E-state index contributed by atoms with van der Waals surface area (Å²) in [4.78, 5) is 24.1. The number of hydrogen-bond acceptors (Lipinski definition) is 3. The van der Waals surface area contributed by atoms with E-state index in [-0.39, 0.29) is 60.4 Å². The molecular weight excluding hydrogens is 395 g/mol. The summed E-state index contributed by atoms with van der Waals surface area (Å²) >= 11 is 0. The summed E-state index contributed by atoms with van der Waals surface area (Å²) in [6, 6.07) is 0. The van der Waals surface area contributed by atoms with Crippen molar-refractivity contribution in [2.24, 2.45) is 40.9 Å². The molecule has 4 aliphatic rings. The van der Waals surface area contributed by atoms with Gasteiger partial charge >= 0.3 is 12.1 Å². The maximum Gasteiger partial charge on any atom is 0.453 e. The number of Topliss-reactive ketones (excluding diaryl/α,β-unsaturated/α-hetero) is 2. The first-order valence-corrected chi connectivity index (χ1v) is 10.7. The third kappa shape index (κ3) is 2.99. The number of halogens is 5. The Labute approximate surface area is 166 Å². The van der Waals surface area contributed by atoms with E-state index in [9.17, 15) is 36.6 Å². The number of fused-ring (bicyclic) bond motifs is 5. The molecule has 7 atom stereocenters. The van der Waals surface area contributed by atoms with Gasteiger partial charge in [0.05, 0.1) is 12.5 Å². The number of carbonyl (C=O) groups excluding carboxylic acids is 2. The topological polar surface area (TPSA) is 54.4 Å². The third-order valence-electron chi connectivity index (χ3n) is 8.79. The van der Waals surface area contributed by atoms with Crippen LogP contribution >= 0.6 is 0 Å². The van der Waals surface area contributed by atoms with Crippen LogP contribution in [0, 0.1) is 40.9 Å². The molecule has 0 bridgehead atoms. The third-order valence-corrected chi connectivity index (χ3v) is 8.79. The number of aliphatic hydroxyl groups excluding tert-OH is 1. The summed E-state index contributed by atoms with van der Waals surface area (Å²) in [5.41, 5.74) is -1.21. The molecule has 0 saturated heterocycles. The van der Waals surface area contributed by atoms with Gasteiger partial charge in [0, 0.05) is 12.3 Å². The Morgan fingerprint density at radius 1 is 0.931 bits per heavy atom. The second-order valence-electron chi connectivity index (χ2n) is 9.63. The minimum atomic E-state index is -5.69. The molecule has 0 radical (unpaired) electrons. The minimum Gasteiger partial charge on any atom is -0.396 e. The van der Waals surface area contributed by atoms with E-state index in [2.05, 4.69) is 0 Å². The van der Waals surface area contributed by atoms with Gasteiger partial charge in [-0.25, -0.2) is 0 Å². The van der Waals surface area contributed by atoms with Crippen molar-refractivity contribution in [2.45, 2.75) is 69.9 Å². The van der Waals surface area contributed by atoms with Gasteiger partial charge in [0.25, 0.3) is 0 Å². The van der Waals surface area contributed by atoms with E-state index in [0.717, 1.165) is 0 Å². The van der Waals surface area contributed by atoms with Gasteiger partial charge in [-0.1, -0.05) is 6.42 Å². The largest absolute Gasteiger partial charge is 0.453 e. The van der Waals surface area contributed by atoms with Crippen molar-refractivity contribution in [1.29, 1.82) is 0 Å². The molecule has 4 rings (SSSR count). The van der Waals surface area contributed by atoms with Crippen LogP contribution in [0.5, 0.6) is 0 Å². The molecule has 29 heavy (non-hydrogen) atoms. The molecule has 164 valence electrons. The molecule has 8 heteroatoms.